The Balaban J connectivity index is 2.06. The molecule has 1 aliphatic heterocycles. The third-order valence-corrected chi connectivity index (χ3v) is 4.63. The molecular weight excluding hydrogens is 300 g/mol. The minimum atomic E-state index is 0.542. The van der Waals surface area contributed by atoms with E-state index in [0.717, 1.165) is 11.0 Å². The van der Waals surface area contributed by atoms with Crippen LogP contribution in [0.2, 0.25) is 0 Å². The first-order chi connectivity index (χ1) is 9.24. The van der Waals surface area contributed by atoms with E-state index in [0.29, 0.717) is 12.1 Å². The Kier molecular flexibility index (Phi) is 5.86. The normalized spacial score (nSPS) is 20.9. The molecule has 2 atom stereocenters. The lowest BCUT2D eigenvalue weighted by atomic mass is 10.0. The second-order valence-electron chi connectivity index (χ2n) is 5.36. The lowest BCUT2D eigenvalue weighted by Gasteiger charge is -2.32. The van der Waals surface area contributed by atoms with Crippen molar-refractivity contribution in [2.45, 2.75) is 45.2 Å². The van der Waals surface area contributed by atoms with E-state index in [2.05, 4.69) is 64.3 Å². The van der Waals surface area contributed by atoms with Gasteiger partial charge in [-0.15, -0.1) is 0 Å². The highest BCUT2D eigenvalue weighted by Crippen LogP contribution is 2.26. The predicted molar refractivity (Wildman–Crippen MR) is 85.4 cm³/mol. The van der Waals surface area contributed by atoms with Crippen LogP contribution in [0.3, 0.4) is 0 Å². The molecule has 1 aromatic rings. The number of nitrogens with zero attached hydrogens (tertiary/aromatic N) is 1. The third kappa shape index (κ3) is 4.04. The van der Waals surface area contributed by atoms with Gasteiger partial charge in [0.15, 0.2) is 0 Å². The maximum absolute atomic E-state index is 3.61. The Bertz CT molecular complexity index is 371. The van der Waals surface area contributed by atoms with Gasteiger partial charge >= 0.3 is 0 Å². The molecule has 0 aromatic heterocycles. The topological polar surface area (TPSA) is 15.3 Å². The average molecular weight is 325 g/mol. The van der Waals surface area contributed by atoms with Gasteiger partial charge in [0.2, 0.25) is 0 Å². The van der Waals surface area contributed by atoms with Crippen LogP contribution in [0.5, 0.6) is 0 Å². The maximum Gasteiger partial charge on any atom is 0.0346 e. The van der Waals surface area contributed by atoms with Crippen molar-refractivity contribution in [3.63, 3.8) is 0 Å². The van der Waals surface area contributed by atoms with Crippen molar-refractivity contribution in [1.29, 1.82) is 0 Å². The molecule has 1 aromatic carbocycles. The molecule has 0 bridgehead atoms. The number of nitrogens with one attached hydrogen (secondary N) is 1. The van der Waals surface area contributed by atoms with Gasteiger partial charge in [0, 0.05) is 23.1 Å². The number of rotatable bonds is 6. The van der Waals surface area contributed by atoms with E-state index in [1.54, 1.807) is 0 Å². The quantitative estimate of drug-likeness (QED) is 0.851. The average Bonchev–Trinajstić information content (AvgIpc) is 2.93. The Labute approximate surface area is 125 Å². The van der Waals surface area contributed by atoms with Crippen molar-refractivity contribution in [3.05, 3.63) is 34.3 Å². The molecule has 1 heterocycles. The van der Waals surface area contributed by atoms with Crippen LogP contribution in [0.15, 0.2) is 28.7 Å². The number of halogens is 1. The molecule has 19 heavy (non-hydrogen) atoms. The van der Waals surface area contributed by atoms with Crippen LogP contribution in [0.25, 0.3) is 0 Å². The van der Waals surface area contributed by atoms with Crippen molar-refractivity contribution in [3.8, 4) is 0 Å². The SMILES string of the molecule is CCC(c1ccc(Br)cc1)N(CC)CC1CCCN1. The maximum atomic E-state index is 3.61. The molecule has 0 aliphatic carbocycles. The first-order valence-corrected chi connectivity index (χ1v) is 8.26. The van der Waals surface area contributed by atoms with Crippen LogP contribution in [0, 0.1) is 0 Å². The van der Waals surface area contributed by atoms with Gasteiger partial charge in [0.1, 0.15) is 0 Å². The van der Waals surface area contributed by atoms with Crippen LogP contribution >= 0.6 is 15.9 Å². The fraction of sp³-hybridized carbons (Fsp3) is 0.625. The summed E-state index contributed by atoms with van der Waals surface area (Å²) in [5.74, 6) is 0. The van der Waals surface area contributed by atoms with Crippen LogP contribution in [0.1, 0.15) is 44.7 Å². The van der Waals surface area contributed by atoms with Gasteiger partial charge < -0.3 is 5.32 Å². The minimum Gasteiger partial charge on any atom is -0.313 e. The fourth-order valence-corrected chi connectivity index (χ4v) is 3.33. The molecule has 1 aliphatic rings. The highest BCUT2D eigenvalue weighted by atomic mass is 79.9. The fourth-order valence-electron chi connectivity index (χ4n) is 3.06. The van der Waals surface area contributed by atoms with Gasteiger partial charge in [-0.3, -0.25) is 4.90 Å². The molecule has 2 rings (SSSR count). The summed E-state index contributed by atoms with van der Waals surface area (Å²) in [6.07, 6.45) is 3.83. The first kappa shape index (κ1) is 15.0. The smallest absolute Gasteiger partial charge is 0.0346 e. The van der Waals surface area contributed by atoms with Crippen molar-refractivity contribution in [2.75, 3.05) is 19.6 Å². The molecule has 0 radical (unpaired) electrons. The second-order valence-corrected chi connectivity index (χ2v) is 6.27. The zero-order valence-corrected chi connectivity index (χ0v) is 13.6. The zero-order valence-electron chi connectivity index (χ0n) is 12.0. The van der Waals surface area contributed by atoms with Crippen LogP contribution in [-0.4, -0.2) is 30.6 Å². The lowest BCUT2D eigenvalue weighted by Crippen LogP contribution is -2.39. The Hall–Kier alpha value is -0.380. The highest BCUT2D eigenvalue weighted by Gasteiger charge is 2.22. The summed E-state index contributed by atoms with van der Waals surface area (Å²) in [5, 5.41) is 3.61. The van der Waals surface area contributed by atoms with Gasteiger partial charge in [0.05, 0.1) is 0 Å². The van der Waals surface area contributed by atoms with Crippen molar-refractivity contribution in [1.82, 2.24) is 10.2 Å². The summed E-state index contributed by atoms with van der Waals surface area (Å²) >= 11 is 3.52. The summed E-state index contributed by atoms with van der Waals surface area (Å²) in [6.45, 7) is 8.04. The number of likely N-dealkylation sites (N-methyl/N-ethyl adjacent to an activating group) is 1. The molecule has 0 amide bonds. The molecule has 2 nitrogen and oxygen atoms in total. The monoisotopic (exact) mass is 324 g/mol. The van der Waals surface area contributed by atoms with E-state index < -0.39 is 0 Å². The Morgan fingerprint density at radius 2 is 2.05 bits per heavy atom. The van der Waals surface area contributed by atoms with E-state index in [1.165, 1.54) is 37.9 Å². The molecular formula is C16H25BrN2. The summed E-state index contributed by atoms with van der Waals surface area (Å²) in [6, 6.07) is 10.0. The number of hydrogen-bond acceptors (Lipinski definition) is 2. The van der Waals surface area contributed by atoms with Crippen LogP contribution in [0.4, 0.5) is 0 Å². The largest absolute Gasteiger partial charge is 0.313 e. The third-order valence-electron chi connectivity index (χ3n) is 4.11. The Morgan fingerprint density at radius 3 is 2.58 bits per heavy atom. The molecule has 106 valence electrons. The lowest BCUT2D eigenvalue weighted by molar-refractivity contribution is 0.185. The molecule has 1 N–H and O–H groups in total. The van der Waals surface area contributed by atoms with Crippen molar-refractivity contribution in [2.24, 2.45) is 0 Å². The second kappa shape index (κ2) is 7.41. The van der Waals surface area contributed by atoms with E-state index >= 15 is 0 Å². The Morgan fingerprint density at radius 1 is 1.32 bits per heavy atom. The molecule has 1 fully saturated rings. The molecule has 1 saturated heterocycles. The zero-order chi connectivity index (χ0) is 13.7. The van der Waals surface area contributed by atoms with Gasteiger partial charge in [-0.2, -0.15) is 0 Å². The van der Waals surface area contributed by atoms with Crippen molar-refractivity contribution < 1.29 is 0 Å². The van der Waals surface area contributed by atoms with Crippen LogP contribution < -0.4 is 5.32 Å². The summed E-state index contributed by atoms with van der Waals surface area (Å²) < 4.78 is 1.16. The van der Waals surface area contributed by atoms with Gasteiger partial charge in [-0.25, -0.2) is 0 Å². The van der Waals surface area contributed by atoms with E-state index in [9.17, 15) is 0 Å². The standard InChI is InChI=1S/C16H25BrN2/c1-3-16(13-7-9-14(17)10-8-13)19(4-2)12-15-6-5-11-18-15/h7-10,15-16,18H,3-6,11-12H2,1-2H3. The molecule has 0 saturated carbocycles. The van der Waals surface area contributed by atoms with Gasteiger partial charge in [-0.05, 0) is 50.0 Å². The van der Waals surface area contributed by atoms with Gasteiger partial charge in [0.25, 0.3) is 0 Å². The first-order valence-electron chi connectivity index (χ1n) is 7.47. The summed E-state index contributed by atoms with van der Waals surface area (Å²) in [7, 11) is 0. The number of hydrogen-bond donors (Lipinski definition) is 1. The number of benzene rings is 1. The minimum absolute atomic E-state index is 0.542. The van der Waals surface area contributed by atoms with Gasteiger partial charge in [-0.1, -0.05) is 41.9 Å². The highest BCUT2D eigenvalue weighted by molar-refractivity contribution is 9.10. The molecule has 3 heteroatoms. The van der Waals surface area contributed by atoms with Crippen molar-refractivity contribution >= 4 is 15.9 Å². The van der Waals surface area contributed by atoms with E-state index in [1.807, 2.05) is 0 Å². The summed E-state index contributed by atoms with van der Waals surface area (Å²) in [4.78, 5) is 2.62. The van der Waals surface area contributed by atoms with E-state index in [-0.39, 0.29) is 0 Å². The molecule has 0 spiro atoms. The predicted octanol–water partition coefficient (Wildman–Crippen LogP) is 3.97. The van der Waals surface area contributed by atoms with Crippen LogP contribution in [-0.2, 0) is 0 Å². The summed E-state index contributed by atoms with van der Waals surface area (Å²) in [5.41, 5.74) is 1.44. The molecule has 2 unspecified atom stereocenters. The van der Waals surface area contributed by atoms with E-state index in [4.69, 9.17) is 0 Å².